The summed E-state index contributed by atoms with van der Waals surface area (Å²) in [6.45, 7) is 6.79. The number of hydrogen-bond donors (Lipinski definition) is 1. The van der Waals surface area contributed by atoms with Gasteiger partial charge in [0.05, 0.1) is 5.56 Å². The molecule has 0 spiro atoms. The normalized spacial score (nSPS) is 11.3. The average molecular weight is 256 g/mol. The van der Waals surface area contributed by atoms with Crippen molar-refractivity contribution < 1.29 is 4.79 Å². The summed E-state index contributed by atoms with van der Waals surface area (Å²) in [6.07, 6.45) is 3.52. The fourth-order valence-electron chi connectivity index (χ4n) is 1.99. The lowest BCUT2D eigenvalue weighted by Crippen LogP contribution is -2.44. The molecule has 19 heavy (non-hydrogen) atoms. The number of rotatable bonds is 3. The molecule has 0 aliphatic carbocycles. The Kier molecular flexibility index (Phi) is 3.74. The maximum absolute atomic E-state index is 12.6. The number of H-pyrrole nitrogens is 1. The number of carbonyl (C=O) groups is 1. The maximum Gasteiger partial charge on any atom is 0.256 e. The van der Waals surface area contributed by atoms with Crippen LogP contribution in [0.3, 0.4) is 0 Å². The zero-order chi connectivity index (χ0) is 13.9. The second-order valence-electron chi connectivity index (χ2n) is 5.65. The van der Waals surface area contributed by atoms with Gasteiger partial charge in [0.25, 0.3) is 5.91 Å². The van der Waals surface area contributed by atoms with Gasteiger partial charge in [0.1, 0.15) is 0 Å². The molecular weight excluding hydrogens is 236 g/mol. The summed E-state index contributed by atoms with van der Waals surface area (Å²) in [4.78, 5) is 17.4. The first-order valence-electron chi connectivity index (χ1n) is 6.47. The Morgan fingerprint density at radius 1 is 1.16 bits per heavy atom. The van der Waals surface area contributed by atoms with Crippen LogP contribution in [0.4, 0.5) is 0 Å². The number of benzene rings is 1. The van der Waals surface area contributed by atoms with Crippen molar-refractivity contribution in [2.24, 2.45) is 0 Å². The van der Waals surface area contributed by atoms with Crippen LogP contribution in [0.2, 0.25) is 0 Å². The van der Waals surface area contributed by atoms with E-state index in [-0.39, 0.29) is 11.4 Å². The van der Waals surface area contributed by atoms with Gasteiger partial charge in [-0.25, -0.2) is 0 Å². The standard InChI is InChI=1S/C16H20N2O/c1-16(2,3)18(12-13-7-5-4-6-8-13)15(19)14-9-10-17-11-14/h4-11,17H,12H2,1-3H3. The Morgan fingerprint density at radius 2 is 1.84 bits per heavy atom. The molecule has 1 heterocycles. The molecule has 0 bridgehead atoms. The van der Waals surface area contributed by atoms with Crippen LogP contribution in [-0.4, -0.2) is 21.3 Å². The summed E-state index contributed by atoms with van der Waals surface area (Å²) in [5, 5.41) is 0. The van der Waals surface area contributed by atoms with Gasteiger partial charge < -0.3 is 9.88 Å². The minimum absolute atomic E-state index is 0.0533. The van der Waals surface area contributed by atoms with Crippen molar-refractivity contribution in [3.05, 3.63) is 59.9 Å². The van der Waals surface area contributed by atoms with Crippen molar-refractivity contribution in [1.29, 1.82) is 0 Å². The van der Waals surface area contributed by atoms with Gasteiger partial charge in [-0.05, 0) is 32.4 Å². The number of amides is 1. The van der Waals surface area contributed by atoms with E-state index in [4.69, 9.17) is 0 Å². The molecule has 0 aliphatic heterocycles. The van der Waals surface area contributed by atoms with Crippen LogP contribution in [0.15, 0.2) is 48.8 Å². The highest BCUT2D eigenvalue weighted by molar-refractivity contribution is 5.94. The van der Waals surface area contributed by atoms with Gasteiger partial charge in [-0.15, -0.1) is 0 Å². The SMILES string of the molecule is CC(C)(C)N(Cc1ccccc1)C(=O)c1cc[nH]c1. The lowest BCUT2D eigenvalue weighted by molar-refractivity contribution is 0.0559. The summed E-state index contributed by atoms with van der Waals surface area (Å²) < 4.78 is 0. The number of nitrogens with zero attached hydrogens (tertiary/aromatic N) is 1. The monoisotopic (exact) mass is 256 g/mol. The van der Waals surface area contributed by atoms with Gasteiger partial charge in [-0.1, -0.05) is 30.3 Å². The molecule has 2 rings (SSSR count). The molecule has 1 N–H and O–H groups in total. The van der Waals surface area contributed by atoms with Gasteiger partial charge in [0.15, 0.2) is 0 Å². The molecule has 0 aliphatic rings. The fourth-order valence-corrected chi connectivity index (χ4v) is 1.99. The Bertz CT molecular complexity index is 524. The quantitative estimate of drug-likeness (QED) is 0.897. The van der Waals surface area contributed by atoms with Crippen LogP contribution >= 0.6 is 0 Å². The average Bonchev–Trinajstić information content (AvgIpc) is 2.89. The van der Waals surface area contributed by atoms with E-state index in [1.807, 2.05) is 41.3 Å². The number of hydrogen-bond acceptors (Lipinski definition) is 1. The fraction of sp³-hybridized carbons (Fsp3) is 0.312. The van der Waals surface area contributed by atoms with E-state index < -0.39 is 0 Å². The Morgan fingerprint density at radius 3 is 2.37 bits per heavy atom. The second kappa shape index (κ2) is 5.31. The third-order valence-electron chi connectivity index (χ3n) is 3.08. The van der Waals surface area contributed by atoms with Crippen molar-refractivity contribution >= 4 is 5.91 Å². The van der Waals surface area contributed by atoms with Crippen molar-refractivity contribution in [3.8, 4) is 0 Å². The molecule has 3 nitrogen and oxygen atoms in total. The highest BCUT2D eigenvalue weighted by Crippen LogP contribution is 2.20. The molecule has 0 unspecified atom stereocenters. The van der Waals surface area contributed by atoms with Gasteiger partial charge >= 0.3 is 0 Å². The molecule has 0 fully saturated rings. The molecule has 100 valence electrons. The predicted molar refractivity (Wildman–Crippen MR) is 76.9 cm³/mol. The largest absolute Gasteiger partial charge is 0.367 e. The van der Waals surface area contributed by atoms with E-state index in [1.165, 1.54) is 0 Å². The molecule has 0 saturated carbocycles. The summed E-state index contributed by atoms with van der Waals surface area (Å²) >= 11 is 0. The predicted octanol–water partition coefficient (Wildman–Crippen LogP) is 3.46. The van der Waals surface area contributed by atoms with Gasteiger partial charge in [-0.2, -0.15) is 0 Å². The number of aromatic amines is 1. The summed E-state index contributed by atoms with van der Waals surface area (Å²) in [7, 11) is 0. The number of nitrogens with one attached hydrogen (secondary N) is 1. The van der Waals surface area contributed by atoms with Gasteiger partial charge in [0, 0.05) is 24.5 Å². The van der Waals surface area contributed by atoms with Crippen LogP contribution in [0.1, 0.15) is 36.7 Å². The van der Waals surface area contributed by atoms with Crippen LogP contribution in [0.25, 0.3) is 0 Å². The van der Waals surface area contributed by atoms with Crippen molar-refractivity contribution in [2.75, 3.05) is 0 Å². The lowest BCUT2D eigenvalue weighted by atomic mass is 10.0. The van der Waals surface area contributed by atoms with Crippen LogP contribution in [-0.2, 0) is 6.54 Å². The van der Waals surface area contributed by atoms with Crippen molar-refractivity contribution in [2.45, 2.75) is 32.9 Å². The second-order valence-corrected chi connectivity index (χ2v) is 5.65. The smallest absolute Gasteiger partial charge is 0.256 e. The number of aromatic nitrogens is 1. The third kappa shape index (κ3) is 3.25. The molecule has 1 amide bonds. The van der Waals surface area contributed by atoms with E-state index >= 15 is 0 Å². The maximum atomic E-state index is 12.6. The number of carbonyl (C=O) groups excluding carboxylic acids is 1. The minimum atomic E-state index is -0.218. The van der Waals surface area contributed by atoms with Crippen LogP contribution in [0.5, 0.6) is 0 Å². The highest BCUT2D eigenvalue weighted by atomic mass is 16.2. The Labute approximate surface area is 114 Å². The Hall–Kier alpha value is -2.03. The first kappa shape index (κ1) is 13.4. The molecule has 2 aromatic rings. The lowest BCUT2D eigenvalue weighted by Gasteiger charge is -2.35. The minimum Gasteiger partial charge on any atom is -0.367 e. The first-order valence-corrected chi connectivity index (χ1v) is 6.47. The summed E-state index contributed by atoms with van der Waals surface area (Å²) in [6, 6.07) is 11.9. The molecular formula is C16H20N2O. The molecule has 0 atom stereocenters. The first-order chi connectivity index (χ1) is 8.98. The van der Waals surface area contributed by atoms with Crippen LogP contribution in [0, 0.1) is 0 Å². The zero-order valence-electron chi connectivity index (χ0n) is 11.7. The third-order valence-corrected chi connectivity index (χ3v) is 3.08. The van der Waals surface area contributed by atoms with E-state index in [0.717, 1.165) is 5.56 Å². The van der Waals surface area contributed by atoms with E-state index in [0.29, 0.717) is 12.1 Å². The van der Waals surface area contributed by atoms with Gasteiger partial charge in [-0.3, -0.25) is 4.79 Å². The summed E-state index contributed by atoms with van der Waals surface area (Å²) in [5.41, 5.74) is 1.62. The summed E-state index contributed by atoms with van der Waals surface area (Å²) in [5.74, 6) is 0.0533. The Balaban J connectivity index is 2.25. The molecule has 3 heteroatoms. The molecule has 0 saturated heterocycles. The van der Waals surface area contributed by atoms with Crippen molar-refractivity contribution in [1.82, 2.24) is 9.88 Å². The van der Waals surface area contributed by atoms with E-state index in [2.05, 4.69) is 25.8 Å². The highest BCUT2D eigenvalue weighted by Gasteiger charge is 2.27. The molecule has 1 aromatic carbocycles. The van der Waals surface area contributed by atoms with Crippen LogP contribution < -0.4 is 0 Å². The topological polar surface area (TPSA) is 36.1 Å². The molecule has 0 radical (unpaired) electrons. The molecule has 1 aromatic heterocycles. The zero-order valence-corrected chi connectivity index (χ0v) is 11.7. The van der Waals surface area contributed by atoms with E-state index in [9.17, 15) is 4.79 Å². The van der Waals surface area contributed by atoms with E-state index in [1.54, 1.807) is 12.4 Å². The van der Waals surface area contributed by atoms with Crippen molar-refractivity contribution in [3.63, 3.8) is 0 Å². The van der Waals surface area contributed by atoms with Gasteiger partial charge in [0.2, 0.25) is 0 Å².